The van der Waals surface area contributed by atoms with E-state index in [1.807, 2.05) is 18.2 Å². The highest BCUT2D eigenvalue weighted by Crippen LogP contribution is 2.32. The number of aryl methyl sites for hydroxylation is 1. The number of carbonyl (C=O) groups is 2. The third-order valence-corrected chi connectivity index (χ3v) is 4.27. The molecule has 1 aliphatic heterocycles. The molecular formula is C13H14BrNO2. The summed E-state index contributed by atoms with van der Waals surface area (Å²) in [6.07, 6.45) is 1.30. The lowest BCUT2D eigenvalue weighted by molar-refractivity contribution is -0.118. The number of benzene rings is 1. The highest BCUT2D eigenvalue weighted by atomic mass is 79.9. The quantitative estimate of drug-likeness (QED) is 0.787. The molecule has 0 bridgehead atoms. The van der Waals surface area contributed by atoms with Gasteiger partial charge in [-0.05, 0) is 30.5 Å². The number of amides is 1. The van der Waals surface area contributed by atoms with E-state index in [2.05, 4.69) is 15.9 Å². The van der Waals surface area contributed by atoms with Gasteiger partial charge in [0.25, 0.3) is 0 Å². The first-order valence-corrected chi connectivity index (χ1v) is 6.46. The second kappa shape index (κ2) is 4.61. The lowest BCUT2D eigenvalue weighted by Crippen LogP contribution is -2.31. The van der Waals surface area contributed by atoms with Crippen molar-refractivity contribution in [2.75, 3.05) is 11.9 Å². The van der Waals surface area contributed by atoms with Gasteiger partial charge < -0.3 is 4.90 Å². The fourth-order valence-electron chi connectivity index (χ4n) is 2.07. The Morgan fingerprint density at radius 2 is 2.12 bits per heavy atom. The summed E-state index contributed by atoms with van der Waals surface area (Å²) in [6, 6.07) is 5.83. The van der Waals surface area contributed by atoms with E-state index < -0.39 is 0 Å². The van der Waals surface area contributed by atoms with Gasteiger partial charge in [0.1, 0.15) is 5.78 Å². The number of hydrogen-bond acceptors (Lipinski definition) is 2. The van der Waals surface area contributed by atoms with E-state index in [0.717, 1.165) is 23.2 Å². The lowest BCUT2D eigenvalue weighted by Gasteiger charge is -2.26. The summed E-state index contributed by atoms with van der Waals surface area (Å²) in [7, 11) is 1.79. The van der Waals surface area contributed by atoms with Crippen LogP contribution in [-0.4, -0.2) is 18.7 Å². The molecule has 0 fully saturated rings. The van der Waals surface area contributed by atoms with Crippen molar-refractivity contribution in [3.05, 3.63) is 29.3 Å². The Hall–Kier alpha value is -1.16. The number of halogens is 1. The number of fused-ring (bicyclic) bond motifs is 1. The Morgan fingerprint density at radius 3 is 2.76 bits per heavy atom. The van der Waals surface area contributed by atoms with Crippen molar-refractivity contribution < 1.29 is 9.59 Å². The van der Waals surface area contributed by atoms with Gasteiger partial charge in [-0.25, -0.2) is 0 Å². The smallest absolute Gasteiger partial charge is 0.227 e. The van der Waals surface area contributed by atoms with Crippen molar-refractivity contribution in [2.24, 2.45) is 0 Å². The molecule has 17 heavy (non-hydrogen) atoms. The van der Waals surface area contributed by atoms with Crippen LogP contribution in [0.1, 0.15) is 29.3 Å². The van der Waals surface area contributed by atoms with E-state index in [4.69, 9.17) is 0 Å². The fourth-order valence-corrected chi connectivity index (χ4v) is 2.35. The van der Waals surface area contributed by atoms with Crippen molar-refractivity contribution in [1.82, 2.24) is 0 Å². The lowest BCUT2D eigenvalue weighted by atomic mass is 9.97. The molecule has 1 heterocycles. The van der Waals surface area contributed by atoms with Gasteiger partial charge in [-0.3, -0.25) is 9.59 Å². The Balaban J connectivity index is 2.39. The van der Waals surface area contributed by atoms with Crippen LogP contribution in [0.25, 0.3) is 0 Å². The maximum Gasteiger partial charge on any atom is 0.227 e. The van der Waals surface area contributed by atoms with E-state index in [1.165, 1.54) is 0 Å². The number of carbonyl (C=O) groups excluding carboxylic acids is 2. The Kier molecular flexibility index (Phi) is 3.33. The highest BCUT2D eigenvalue weighted by molar-refractivity contribution is 9.09. The number of ketones is 1. The molecule has 1 unspecified atom stereocenters. The minimum Gasteiger partial charge on any atom is -0.315 e. The van der Waals surface area contributed by atoms with E-state index in [0.29, 0.717) is 6.42 Å². The zero-order chi connectivity index (χ0) is 12.6. The van der Waals surface area contributed by atoms with Crippen LogP contribution in [0.4, 0.5) is 5.69 Å². The fraction of sp³-hybridized carbons (Fsp3) is 0.385. The molecule has 90 valence electrons. The summed E-state index contributed by atoms with van der Waals surface area (Å²) >= 11 is 3.38. The standard InChI is InChI=1S/C13H14BrNO2/c1-8(16)13(14)10-3-5-11-9(7-10)4-6-12(17)15(11)2/h3,5,7,13H,4,6H2,1-2H3. The van der Waals surface area contributed by atoms with Crippen molar-refractivity contribution in [1.29, 1.82) is 0 Å². The van der Waals surface area contributed by atoms with Gasteiger partial charge >= 0.3 is 0 Å². The molecule has 0 aromatic heterocycles. The summed E-state index contributed by atoms with van der Waals surface area (Å²) in [5, 5.41) is 0. The maximum atomic E-state index is 11.5. The van der Waals surface area contributed by atoms with Crippen molar-refractivity contribution in [2.45, 2.75) is 24.6 Å². The average molecular weight is 296 g/mol. The summed E-state index contributed by atoms with van der Waals surface area (Å²) in [6.45, 7) is 1.56. The SMILES string of the molecule is CC(=O)C(Br)c1ccc2c(c1)CCC(=O)N2C. The minimum absolute atomic E-state index is 0.0881. The van der Waals surface area contributed by atoms with E-state index in [-0.39, 0.29) is 16.5 Å². The van der Waals surface area contributed by atoms with Crippen LogP contribution in [-0.2, 0) is 16.0 Å². The van der Waals surface area contributed by atoms with Crippen molar-refractivity contribution in [3.8, 4) is 0 Å². The normalized spacial score (nSPS) is 16.6. The van der Waals surface area contributed by atoms with Crippen LogP contribution < -0.4 is 4.90 Å². The van der Waals surface area contributed by atoms with Gasteiger partial charge in [0.05, 0.1) is 4.83 Å². The first-order valence-electron chi connectivity index (χ1n) is 5.54. The summed E-state index contributed by atoms with van der Waals surface area (Å²) in [5.74, 6) is 0.234. The molecule has 0 spiro atoms. The molecule has 0 saturated carbocycles. The van der Waals surface area contributed by atoms with Crippen LogP contribution in [0.15, 0.2) is 18.2 Å². The zero-order valence-electron chi connectivity index (χ0n) is 9.87. The van der Waals surface area contributed by atoms with Crippen LogP contribution in [0.2, 0.25) is 0 Å². The van der Waals surface area contributed by atoms with Gasteiger partial charge in [0.15, 0.2) is 0 Å². The number of rotatable bonds is 2. The molecule has 1 aromatic rings. The first-order chi connectivity index (χ1) is 8.00. The van der Waals surface area contributed by atoms with Gasteiger partial charge in [0, 0.05) is 19.2 Å². The Labute approximate surface area is 109 Å². The molecule has 1 atom stereocenters. The number of hydrogen-bond donors (Lipinski definition) is 0. The third-order valence-electron chi connectivity index (χ3n) is 3.10. The van der Waals surface area contributed by atoms with Crippen molar-refractivity contribution in [3.63, 3.8) is 0 Å². The van der Waals surface area contributed by atoms with Crippen LogP contribution >= 0.6 is 15.9 Å². The van der Waals surface area contributed by atoms with Crippen LogP contribution in [0.3, 0.4) is 0 Å². The molecule has 0 saturated heterocycles. The van der Waals surface area contributed by atoms with Crippen molar-refractivity contribution >= 4 is 33.3 Å². The number of anilines is 1. The minimum atomic E-state index is -0.254. The molecular weight excluding hydrogens is 282 g/mol. The van der Waals surface area contributed by atoms with Crippen LogP contribution in [0.5, 0.6) is 0 Å². The molecule has 0 aliphatic carbocycles. The predicted molar refractivity (Wildman–Crippen MR) is 70.5 cm³/mol. The van der Waals surface area contributed by atoms with Gasteiger partial charge in [-0.2, -0.15) is 0 Å². The summed E-state index contributed by atoms with van der Waals surface area (Å²) in [5.41, 5.74) is 3.04. The topological polar surface area (TPSA) is 37.4 Å². The predicted octanol–water partition coefficient (Wildman–Crippen LogP) is 2.62. The molecule has 1 aliphatic rings. The molecule has 2 rings (SSSR count). The first kappa shape index (κ1) is 12.3. The highest BCUT2D eigenvalue weighted by Gasteiger charge is 2.22. The summed E-state index contributed by atoms with van der Waals surface area (Å²) < 4.78 is 0. The molecule has 0 N–H and O–H groups in total. The average Bonchev–Trinajstić information content (AvgIpc) is 2.32. The number of Topliss-reactive ketones (excluding diaryl/α,β-unsaturated/α-hetero) is 1. The molecule has 1 amide bonds. The maximum absolute atomic E-state index is 11.5. The largest absolute Gasteiger partial charge is 0.315 e. The number of nitrogens with zero attached hydrogens (tertiary/aromatic N) is 1. The van der Waals surface area contributed by atoms with E-state index in [9.17, 15) is 9.59 Å². The van der Waals surface area contributed by atoms with E-state index in [1.54, 1.807) is 18.9 Å². The van der Waals surface area contributed by atoms with Crippen LogP contribution in [0, 0.1) is 0 Å². The molecule has 0 radical (unpaired) electrons. The molecule has 3 nitrogen and oxygen atoms in total. The summed E-state index contributed by atoms with van der Waals surface area (Å²) in [4.78, 5) is 24.3. The second-order valence-corrected chi connectivity index (χ2v) is 5.23. The van der Waals surface area contributed by atoms with Gasteiger partial charge in [-0.1, -0.05) is 28.1 Å². The number of alkyl halides is 1. The zero-order valence-corrected chi connectivity index (χ0v) is 11.5. The second-order valence-electron chi connectivity index (χ2n) is 4.31. The Bertz CT molecular complexity index is 484. The van der Waals surface area contributed by atoms with Gasteiger partial charge in [-0.15, -0.1) is 0 Å². The third kappa shape index (κ3) is 2.27. The molecule has 4 heteroatoms. The van der Waals surface area contributed by atoms with E-state index >= 15 is 0 Å². The monoisotopic (exact) mass is 295 g/mol. The molecule has 1 aromatic carbocycles. The Morgan fingerprint density at radius 1 is 1.41 bits per heavy atom. The van der Waals surface area contributed by atoms with Gasteiger partial charge in [0.2, 0.25) is 5.91 Å².